The molecule has 4 nitrogen and oxygen atoms in total. The lowest BCUT2D eigenvalue weighted by Crippen LogP contribution is -2.38. The highest BCUT2D eigenvalue weighted by Gasteiger charge is 2.27. The summed E-state index contributed by atoms with van der Waals surface area (Å²) < 4.78 is 26.0. The fourth-order valence-electron chi connectivity index (χ4n) is 5.55. The van der Waals surface area contributed by atoms with Crippen LogP contribution >= 0.6 is 0 Å². The van der Waals surface area contributed by atoms with Gasteiger partial charge < -0.3 is 10.6 Å². The van der Waals surface area contributed by atoms with Crippen LogP contribution in [0.1, 0.15) is 68.9 Å². The zero-order chi connectivity index (χ0) is 26.0. The second-order valence-electron chi connectivity index (χ2n) is 10.5. The summed E-state index contributed by atoms with van der Waals surface area (Å²) in [7, 11) is 0. The monoisotopic (exact) mass is 506 g/mol. The molecule has 2 saturated carbocycles. The Balaban J connectivity index is 1.10. The molecule has 0 heterocycles. The van der Waals surface area contributed by atoms with E-state index in [1.54, 1.807) is 36.4 Å². The Labute approximate surface area is 218 Å². The molecule has 0 aliphatic heterocycles. The highest BCUT2D eigenvalue weighted by atomic mass is 19.1. The van der Waals surface area contributed by atoms with E-state index >= 15 is 0 Å². The van der Waals surface area contributed by atoms with Crippen molar-refractivity contribution in [2.45, 2.75) is 69.9 Å². The van der Waals surface area contributed by atoms with Gasteiger partial charge in [-0.2, -0.15) is 0 Å². The zero-order valence-electron chi connectivity index (χ0n) is 21.2. The number of halogens is 2. The molecule has 0 radical (unpaired) electrons. The predicted octanol–water partition coefficient (Wildman–Crippen LogP) is 6.43. The summed E-state index contributed by atoms with van der Waals surface area (Å²) in [6.45, 7) is 0. The number of hydrogen-bond donors (Lipinski definition) is 2. The van der Waals surface area contributed by atoms with E-state index in [0.29, 0.717) is 11.8 Å². The average molecular weight is 507 g/mol. The summed E-state index contributed by atoms with van der Waals surface area (Å²) in [5.74, 6) is 0.646. The van der Waals surface area contributed by atoms with Crippen LogP contribution in [0.2, 0.25) is 0 Å². The fourth-order valence-corrected chi connectivity index (χ4v) is 5.55. The van der Waals surface area contributed by atoms with Crippen LogP contribution in [-0.2, 0) is 9.59 Å². The Morgan fingerprint density at radius 1 is 0.622 bits per heavy atom. The SMILES string of the molecule is O=C(/C=C/c1ccc(F)cc1)NC1CCC(CC2CCC(NC(=O)/C=C/c3ccc(F)cc3)CC2)CC1. The van der Waals surface area contributed by atoms with E-state index in [-0.39, 0.29) is 35.5 Å². The topological polar surface area (TPSA) is 58.2 Å². The molecule has 0 bridgehead atoms. The van der Waals surface area contributed by atoms with E-state index in [1.807, 2.05) is 0 Å². The lowest BCUT2D eigenvalue weighted by Gasteiger charge is -2.34. The van der Waals surface area contributed by atoms with E-state index in [4.69, 9.17) is 0 Å². The molecule has 0 spiro atoms. The van der Waals surface area contributed by atoms with Gasteiger partial charge in [-0.3, -0.25) is 9.59 Å². The van der Waals surface area contributed by atoms with Gasteiger partial charge in [-0.1, -0.05) is 24.3 Å². The van der Waals surface area contributed by atoms with Gasteiger partial charge in [-0.25, -0.2) is 8.78 Å². The Kier molecular flexibility index (Phi) is 9.64. The third-order valence-corrected chi connectivity index (χ3v) is 7.65. The standard InChI is InChI=1S/C31H36F2N2O2/c32-26-11-1-22(2-12-26)9-19-30(36)34-28-15-5-24(6-16-28)21-25-7-17-29(18-8-25)35-31(37)20-10-23-3-13-27(33)14-4-23/h1-4,9-14,19-20,24-25,28-29H,5-8,15-18,21H2,(H,34,36)(H,35,37)/b19-9+,20-10+. The fraction of sp³-hybridized carbons (Fsp3) is 0.419. The summed E-state index contributed by atoms with van der Waals surface area (Å²) in [5, 5.41) is 6.22. The number of amides is 2. The summed E-state index contributed by atoms with van der Waals surface area (Å²) in [4.78, 5) is 24.5. The van der Waals surface area contributed by atoms with Crippen LogP contribution in [-0.4, -0.2) is 23.9 Å². The predicted molar refractivity (Wildman–Crippen MR) is 143 cm³/mol. The molecule has 37 heavy (non-hydrogen) atoms. The van der Waals surface area contributed by atoms with Crippen LogP contribution in [0.25, 0.3) is 12.2 Å². The molecular weight excluding hydrogens is 470 g/mol. The highest BCUT2D eigenvalue weighted by Crippen LogP contribution is 2.35. The molecule has 2 N–H and O–H groups in total. The van der Waals surface area contributed by atoms with Crippen LogP contribution in [0.4, 0.5) is 8.78 Å². The van der Waals surface area contributed by atoms with Crippen LogP contribution in [0, 0.1) is 23.5 Å². The van der Waals surface area contributed by atoms with E-state index < -0.39 is 0 Å². The van der Waals surface area contributed by atoms with Gasteiger partial charge in [0, 0.05) is 24.2 Å². The minimum atomic E-state index is -0.286. The number of hydrogen-bond acceptors (Lipinski definition) is 2. The first kappa shape index (κ1) is 26.8. The van der Waals surface area contributed by atoms with Gasteiger partial charge in [-0.15, -0.1) is 0 Å². The van der Waals surface area contributed by atoms with Crippen LogP contribution < -0.4 is 10.6 Å². The number of benzene rings is 2. The van der Waals surface area contributed by atoms with Crippen molar-refractivity contribution >= 4 is 24.0 Å². The van der Waals surface area contributed by atoms with Gasteiger partial charge >= 0.3 is 0 Å². The molecule has 2 fully saturated rings. The molecule has 196 valence electrons. The molecule has 2 aromatic rings. The number of carbonyl (C=O) groups is 2. The number of carbonyl (C=O) groups excluding carboxylic acids is 2. The van der Waals surface area contributed by atoms with Gasteiger partial charge in [0.15, 0.2) is 0 Å². The van der Waals surface area contributed by atoms with Crippen molar-refractivity contribution < 1.29 is 18.4 Å². The van der Waals surface area contributed by atoms with Crippen molar-refractivity contribution in [1.82, 2.24) is 10.6 Å². The first-order valence-corrected chi connectivity index (χ1v) is 13.4. The number of rotatable bonds is 8. The minimum Gasteiger partial charge on any atom is -0.350 e. The lowest BCUT2D eigenvalue weighted by molar-refractivity contribution is -0.118. The smallest absolute Gasteiger partial charge is 0.244 e. The first-order valence-electron chi connectivity index (χ1n) is 13.4. The summed E-state index contributed by atoms with van der Waals surface area (Å²) in [6.07, 6.45) is 16.3. The molecule has 2 amide bonds. The molecular formula is C31H36F2N2O2. The summed E-state index contributed by atoms with van der Waals surface area (Å²) in [5.41, 5.74) is 1.60. The Hall–Kier alpha value is -3.28. The second kappa shape index (κ2) is 13.3. The van der Waals surface area contributed by atoms with Crippen molar-refractivity contribution in [3.63, 3.8) is 0 Å². The average Bonchev–Trinajstić information content (AvgIpc) is 2.90. The lowest BCUT2D eigenvalue weighted by atomic mass is 9.75. The third-order valence-electron chi connectivity index (χ3n) is 7.65. The maximum atomic E-state index is 13.0. The van der Waals surface area contributed by atoms with Crippen LogP contribution in [0.3, 0.4) is 0 Å². The Morgan fingerprint density at radius 2 is 0.973 bits per heavy atom. The van der Waals surface area contributed by atoms with E-state index in [0.717, 1.165) is 62.5 Å². The maximum Gasteiger partial charge on any atom is 0.244 e. The van der Waals surface area contributed by atoms with Crippen molar-refractivity contribution in [3.05, 3.63) is 83.4 Å². The van der Waals surface area contributed by atoms with Crippen LogP contribution in [0.5, 0.6) is 0 Å². The van der Waals surface area contributed by atoms with Gasteiger partial charge in [0.1, 0.15) is 11.6 Å². The van der Waals surface area contributed by atoms with Crippen molar-refractivity contribution in [3.8, 4) is 0 Å². The quantitative estimate of drug-likeness (QED) is 0.405. The highest BCUT2D eigenvalue weighted by molar-refractivity contribution is 5.92. The van der Waals surface area contributed by atoms with Crippen molar-refractivity contribution in [1.29, 1.82) is 0 Å². The Morgan fingerprint density at radius 3 is 1.32 bits per heavy atom. The van der Waals surface area contributed by atoms with E-state index in [9.17, 15) is 18.4 Å². The molecule has 0 aromatic heterocycles. The number of nitrogens with one attached hydrogen (secondary N) is 2. The maximum absolute atomic E-state index is 13.0. The van der Waals surface area contributed by atoms with Gasteiger partial charge in [0.05, 0.1) is 0 Å². The van der Waals surface area contributed by atoms with Gasteiger partial charge in [0.2, 0.25) is 11.8 Å². The molecule has 4 rings (SSSR count). The normalized spacial score (nSPS) is 24.3. The van der Waals surface area contributed by atoms with Gasteiger partial charge in [0.25, 0.3) is 0 Å². The second-order valence-corrected chi connectivity index (χ2v) is 10.5. The summed E-state index contributed by atoms with van der Waals surface area (Å²) in [6, 6.07) is 12.6. The third kappa shape index (κ3) is 8.96. The molecule has 6 heteroatoms. The largest absolute Gasteiger partial charge is 0.350 e. The minimum absolute atomic E-state index is 0.0966. The summed E-state index contributed by atoms with van der Waals surface area (Å²) >= 11 is 0. The molecule has 0 atom stereocenters. The Bertz CT molecular complexity index is 992. The van der Waals surface area contributed by atoms with E-state index in [1.165, 1.54) is 42.8 Å². The van der Waals surface area contributed by atoms with E-state index in [2.05, 4.69) is 10.6 Å². The zero-order valence-corrected chi connectivity index (χ0v) is 21.2. The molecule has 2 aromatic carbocycles. The molecule has 2 aliphatic rings. The molecule has 2 aliphatic carbocycles. The first-order chi connectivity index (χ1) is 17.9. The molecule has 0 unspecified atom stereocenters. The molecule has 0 saturated heterocycles. The van der Waals surface area contributed by atoms with Crippen molar-refractivity contribution in [2.24, 2.45) is 11.8 Å². The van der Waals surface area contributed by atoms with Gasteiger partial charge in [-0.05, 0) is 117 Å². The van der Waals surface area contributed by atoms with Crippen LogP contribution in [0.15, 0.2) is 60.7 Å². The van der Waals surface area contributed by atoms with Crippen molar-refractivity contribution in [2.75, 3.05) is 0 Å².